The Labute approximate surface area is 310 Å². The Morgan fingerprint density at radius 1 is 0.792 bits per heavy atom. The van der Waals surface area contributed by atoms with Gasteiger partial charge in [0.05, 0.1) is 16.6 Å². The first-order valence-corrected chi connectivity index (χ1v) is 18.8. The number of anilines is 2. The number of sulfonamides is 1. The molecular formula is C41H42N6O5S. The number of nitrogens with one attached hydrogen (secondary N) is 1. The number of nitrogens with zero attached hydrogens (tertiary/aromatic N) is 5. The topological polar surface area (TPSA) is 123 Å². The van der Waals surface area contributed by atoms with Crippen LogP contribution in [-0.4, -0.2) is 70.4 Å². The van der Waals surface area contributed by atoms with Crippen LogP contribution in [0.2, 0.25) is 0 Å². The third kappa shape index (κ3) is 8.45. The van der Waals surface area contributed by atoms with Crippen molar-refractivity contribution >= 4 is 39.0 Å². The number of hydrogen-bond acceptors (Lipinski definition) is 8. The summed E-state index contributed by atoms with van der Waals surface area (Å²) in [6.07, 6.45) is 0. The fraction of sp³-hybridized carbons (Fsp3) is 0.220. The van der Waals surface area contributed by atoms with E-state index in [-0.39, 0.29) is 27.9 Å². The number of amides is 3. The normalized spacial score (nSPS) is 13.9. The highest BCUT2D eigenvalue weighted by Gasteiger charge is 2.26. The number of rotatable bonds is 11. The fourth-order valence-corrected chi connectivity index (χ4v) is 7.51. The summed E-state index contributed by atoms with van der Waals surface area (Å²) in [7, 11) is -1.26. The molecule has 0 aliphatic carbocycles. The van der Waals surface area contributed by atoms with Gasteiger partial charge in [0.2, 0.25) is 0 Å². The van der Waals surface area contributed by atoms with Crippen LogP contribution in [0, 0.1) is 4.91 Å². The average Bonchev–Trinajstić information content (AvgIpc) is 3.20. The Balaban J connectivity index is 1.06. The first kappa shape index (κ1) is 36.9. The minimum Gasteiger partial charge on any atom is -0.369 e. The maximum absolute atomic E-state index is 13.3. The molecule has 0 unspecified atom stereocenters. The Morgan fingerprint density at radius 2 is 1.42 bits per heavy atom. The van der Waals surface area contributed by atoms with Crippen molar-refractivity contribution in [2.24, 2.45) is 5.18 Å². The molecule has 53 heavy (non-hydrogen) atoms. The molecule has 11 nitrogen and oxygen atoms in total. The van der Waals surface area contributed by atoms with Crippen LogP contribution in [-0.2, 0) is 16.6 Å². The van der Waals surface area contributed by atoms with Crippen molar-refractivity contribution < 1.29 is 18.0 Å². The van der Waals surface area contributed by atoms with Gasteiger partial charge in [0.1, 0.15) is 5.69 Å². The van der Waals surface area contributed by atoms with Crippen LogP contribution in [0.15, 0.2) is 137 Å². The largest absolute Gasteiger partial charge is 0.369 e. The molecule has 6 rings (SSSR count). The Morgan fingerprint density at radius 3 is 2.08 bits per heavy atom. The van der Waals surface area contributed by atoms with Crippen LogP contribution >= 0.6 is 0 Å². The summed E-state index contributed by atoms with van der Waals surface area (Å²) in [5.74, 6) is -0.813. The third-order valence-electron chi connectivity index (χ3n) is 9.76. The van der Waals surface area contributed by atoms with Gasteiger partial charge in [-0.2, -0.15) is 0 Å². The minimum absolute atomic E-state index is 0.121. The second-order valence-electron chi connectivity index (χ2n) is 13.0. The molecule has 12 heteroatoms. The van der Waals surface area contributed by atoms with Gasteiger partial charge < -0.3 is 9.80 Å². The van der Waals surface area contributed by atoms with E-state index in [0.29, 0.717) is 0 Å². The van der Waals surface area contributed by atoms with Gasteiger partial charge in [-0.1, -0.05) is 84.9 Å². The molecule has 0 saturated carbocycles. The third-order valence-corrected chi connectivity index (χ3v) is 11.1. The fourth-order valence-electron chi connectivity index (χ4n) is 6.51. The molecule has 5 aromatic carbocycles. The van der Waals surface area contributed by atoms with Gasteiger partial charge in [0, 0.05) is 58.1 Å². The lowest BCUT2D eigenvalue weighted by atomic mass is 9.99. The van der Waals surface area contributed by atoms with E-state index in [9.17, 15) is 22.9 Å². The molecule has 1 heterocycles. The maximum Gasteiger partial charge on any atom is 0.324 e. The Kier molecular flexibility index (Phi) is 11.3. The van der Waals surface area contributed by atoms with Gasteiger partial charge in [0.15, 0.2) is 0 Å². The summed E-state index contributed by atoms with van der Waals surface area (Å²) >= 11 is 0. The second-order valence-corrected chi connectivity index (χ2v) is 14.7. The SMILES string of the molecule is C[C@@H](c1ccccc1)N(C)C(=O)N(C)c1ccc(S(=O)(=O)NC(=O)c2ccc(N3CCN(Cc4ccccc4-c4ccccc4)CC3)cc2)cc1N=O. The van der Waals surface area contributed by atoms with Crippen molar-refractivity contribution in [2.45, 2.75) is 24.4 Å². The summed E-state index contributed by atoms with van der Waals surface area (Å²) in [5.41, 5.74) is 5.61. The number of piperazine rings is 1. The molecule has 0 radical (unpaired) electrons. The van der Waals surface area contributed by atoms with Crippen molar-refractivity contribution in [3.8, 4) is 11.1 Å². The zero-order valence-electron chi connectivity index (χ0n) is 29.9. The number of carbonyl (C=O) groups is 2. The van der Waals surface area contributed by atoms with E-state index >= 15 is 0 Å². The van der Waals surface area contributed by atoms with E-state index in [0.717, 1.165) is 50.0 Å². The van der Waals surface area contributed by atoms with Crippen LogP contribution in [0.5, 0.6) is 0 Å². The molecule has 1 aliphatic heterocycles. The smallest absolute Gasteiger partial charge is 0.324 e. The molecule has 0 spiro atoms. The first-order valence-electron chi connectivity index (χ1n) is 17.4. The Bertz CT molecular complexity index is 2170. The molecule has 0 bridgehead atoms. The molecule has 0 aromatic heterocycles. The van der Waals surface area contributed by atoms with Crippen molar-refractivity contribution in [3.63, 3.8) is 0 Å². The minimum atomic E-state index is -4.38. The zero-order chi connectivity index (χ0) is 37.5. The molecule has 3 amide bonds. The highest BCUT2D eigenvalue weighted by atomic mass is 32.2. The van der Waals surface area contributed by atoms with E-state index in [2.05, 4.69) is 68.2 Å². The van der Waals surface area contributed by atoms with Crippen molar-refractivity contribution in [1.29, 1.82) is 0 Å². The molecule has 1 N–H and O–H groups in total. The summed E-state index contributed by atoms with van der Waals surface area (Å²) in [5, 5.41) is 3.00. The quantitative estimate of drug-likeness (QED) is 0.140. The van der Waals surface area contributed by atoms with Crippen LogP contribution in [0.3, 0.4) is 0 Å². The van der Waals surface area contributed by atoms with E-state index in [4.69, 9.17) is 0 Å². The van der Waals surface area contributed by atoms with Crippen LogP contribution in [0.1, 0.15) is 34.5 Å². The number of carbonyl (C=O) groups excluding carboxylic acids is 2. The molecule has 1 saturated heterocycles. The summed E-state index contributed by atoms with van der Waals surface area (Å²) in [4.78, 5) is 45.3. The summed E-state index contributed by atoms with van der Waals surface area (Å²) in [6, 6.07) is 38.1. The van der Waals surface area contributed by atoms with Gasteiger partial charge in [-0.3, -0.25) is 14.6 Å². The van der Waals surface area contributed by atoms with Crippen molar-refractivity contribution in [2.75, 3.05) is 50.1 Å². The lowest BCUT2D eigenvalue weighted by Gasteiger charge is -2.36. The van der Waals surface area contributed by atoms with E-state index < -0.39 is 22.0 Å². The maximum atomic E-state index is 13.3. The lowest BCUT2D eigenvalue weighted by molar-refractivity contribution is 0.0981. The lowest BCUT2D eigenvalue weighted by Crippen LogP contribution is -2.46. The van der Waals surface area contributed by atoms with Gasteiger partial charge in [0.25, 0.3) is 15.9 Å². The van der Waals surface area contributed by atoms with Crippen LogP contribution < -0.4 is 14.5 Å². The molecule has 1 aliphatic rings. The highest BCUT2D eigenvalue weighted by Crippen LogP contribution is 2.32. The molecule has 272 valence electrons. The summed E-state index contributed by atoms with van der Waals surface area (Å²) in [6.45, 7) is 6.07. The van der Waals surface area contributed by atoms with Crippen molar-refractivity contribution in [1.82, 2.24) is 14.5 Å². The van der Waals surface area contributed by atoms with Crippen LogP contribution in [0.4, 0.5) is 21.9 Å². The monoisotopic (exact) mass is 730 g/mol. The second kappa shape index (κ2) is 16.2. The molecular weight excluding hydrogens is 689 g/mol. The molecule has 1 fully saturated rings. The Hall–Kier alpha value is -5.85. The van der Waals surface area contributed by atoms with Gasteiger partial charge in [-0.25, -0.2) is 17.9 Å². The summed E-state index contributed by atoms with van der Waals surface area (Å²) < 4.78 is 28.6. The molecule has 1 atom stereocenters. The van der Waals surface area contributed by atoms with Gasteiger partial charge >= 0.3 is 6.03 Å². The van der Waals surface area contributed by atoms with E-state index in [1.54, 1.807) is 19.2 Å². The van der Waals surface area contributed by atoms with Crippen molar-refractivity contribution in [3.05, 3.63) is 149 Å². The standard InChI is InChI=1S/C41H42N6O5S/c1-30(31-12-6-4-7-13-31)44(2)41(49)45(3)39-23-22-36(28-38(39)42-50)53(51,52)43-40(48)33-18-20-35(21-19-33)47-26-24-46(25-27-47)29-34-16-10-11-17-37(34)32-14-8-5-9-15-32/h4-23,28,30H,24-27,29H2,1-3H3,(H,43,48)/t30-/m0/s1. The zero-order valence-corrected chi connectivity index (χ0v) is 30.7. The predicted molar refractivity (Wildman–Crippen MR) is 209 cm³/mol. The van der Waals surface area contributed by atoms with E-state index in [1.807, 2.05) is 55.5 Å². The first-order chi connectivity index (χ1) is 25.6. The molecule has 5 aromatic rings. The predicted octanol–water partition coefficient (Wildman–Crippen LogP) is 7.44. The highest BCUT2D eigenvalue weighted by molar-refractivity contribution is 7.90. The average molecular weight is 731 g/mol. The number of nitroso groups, excluding NO2 is 1. The van der Waals surface area contributed by atoms with Crippen LogP contribution in [0.25, 0.3) is 11.1 Å². The van der Waals surface area contributed by atoms with E-state index in [1.165, 1.54) is 45.7 Å². The van der Waals surface area contributed by atoms with Gasteiger partial charge in [-0.15, -0.1) is 4.91 Å². The van der Waals surface area contributed by atoms with Gasteiger partial charge in [-0.05, 0) is 76.8 Å². The number of hydrogen-bond donors (Lipinski definition) is 1. The number of urea groups is 1. The number of benzene rings is 5.